The van der Waals surface area contributed by atoms with Crippen molar-refractivity contribution in [2.45, 2.75) is 6.10 Å². The van der Waals surface area contributed by atoms with Crippen molar-refractivity contribution in [2.24, 2.45) is 0 Å². The first-order valence-corrected chi connectivity index (χ1v) is 4.25. The summed E-state index contributed by atoms with van der Waals surface area (Å²) in [5.74, 6) is -1.72. The molecule has 0 bridgehead atoms. The van der Waals surface area contributed by atoms with Gasteiger partial charge >= 0.3 is 11.9 Å². The molecule has 0 amide bonds. The molecule has 0 unspecified atom stereocenters. The van der Waals surface area contributed by atoms with Crippen molar-refractivity contribution in [1.29, 1.82) is 0 Å². The van der Waals surface area contributed by atoms with Crippen LogP contribution in [0.3, 0.4) is 0 Å². The number of rotatable bonds is 6. The number of carbonyl (C=O) groups excluding carboxylic acids is 2. The van der Waals surface area contributed by atoms with Crippen LogP contribution in [0, 0.1) is 0 Å². The zero-order chi connectivity index (χ0) is 13.7. The van der Waals surface area contributed by atoms with Crippen molar-refractivity contribution in [3.63, 3.8) is 0 Å². The van der Waals surface area contributed by atoms with Gasteiger partial charge in [0.1, 0.15) is 6.10 Å². The van der Waals surface area contributed by atoms with Crippen LogP contribution in [0.5, 0.6) is 0 Å². The molecule has 17 heavy (non-hydrogen) atoms. The second-order valence-electron chi connectivity index (χ2n) is 2.30. The van der Waals surface area contributed by atoms with E-state index in [4.69, 9.17) is 15.3 Å². The molecule has 0 rings (SSSR count). The minimum absolute atomic E-state index is 0.365. The average Bonchev–Trinajstić information content (AvgIpc) is 2.37. The standard InChI is InChI=1S/C6H6O5.C3H8O3/c1-3-5(7)9-11-10-6(8)4-2;4-1-3(6)2-5/h3-4H,1-2H2;3-6H,1-2H2. The van der Waals surface area contributed by atoms with Crippen LogP contribution in [0.2, 0.25) is 0 Å². The fraction of sp³-hybridized carbons (Fsp3) is 0.333. The summed E-state index contributed by atoms with van der Waals surface area (Å²) in [6.07, 6.45) is 0.744. The summed E-state index contributed by atoms with van der Waals surface area (Å²) in [7, 11) is 0. The molecule has 0 aromatic heterocycles. The van der Waals surface area contributed by atoms with E-state index in [2.05, 4.69) is 28.0 Å². The molecular weight excluding hydrogens is 236 g/mol. The highest BCUT2D eigenvalue weighted by molar-refractivity contribution is 5.81. The summed E-state index contributed by atoms with van der Waals surface area (Å²) >= 11 is 0. The number of hydrogen-bond donors (Lipinski definition) is 3. The summed E-state index contributed by atoms with van der Waals surface area (Å²) in [4.78, 5) is 28.0. The molecule has 0 aliphatic rings. The van der Waals surface area contributed by atoms with Gasteiger partial charge in [-0.15, -0.1) is 0 Å². The fourth-order valence-corrected chi connectivity index (χ4v) is 0.210. The van der Waals surface area contributed by atoms with E-state index < -0.39 is 18.0 Å². The highest BCUT2D eigenvalue weighted by Crippen LogP contribution is 1.85. The van der Waals surface area contributed by atoms with Gasteiger partial charge in [-0.1, -0.05) is 13.2 Å². The van der Waals surface area contributed by atoms with E-state index in [-0.39, 0.29) is 13.2 Å². The van der Waals surface area contributed by atoms with Crippen LogP contribution in [0.4, 0.5) is 0 Å². The summed E-state index contributed by atoms with van der Waals surface area (Å²) in [6.45, 7) is 5.40. The first-order chi connectivity index (χ1) is 8.01. The molecule has 0 aromatic carbocycles. The third kappa shape index (κ3) is 14.3. The summed E-state index contributed by atoms with van der Waals surface area (Å²) in [5.41, 5.74) is 0. The third-order valence-corrected chi connectivity index (χ3v) is 0.987. The van der Waals surface area contributed by atoms with Crippen molar-refractivity contribution < 1.29 is 39.7 Å². The lowest BCUT2D eigenvalue weighted by atomic mass is 10.4. The molecule has 0 saturated carbocycles. The molecule has 0 aliphatic carbocycles. The summed E-state index contributed by atoms with van der Waals surface area (Å²) in [6, 6.07) is 0. The molecule has 0 radical (unpaired) electrons. The maximum atomic E-state index is 10.2. The SMILES string of the molecule is C=CC(=O)OOOC(=O)C=C.OCC(O)CO. The zero-order valence-corrected chi connectivity index (χ0v) is 8.94. The quantitative estimate of drug-likeness (QED) is 0.299. The van der Waals surface area contributed by atoms with Crippen molar-refractivity contribution in [2.75, 3.05) is 13.2 Å². The molecule has 0 heterocycles. The van der Waals surface area contributed by atoms with E-state index in [1.165, 1.54) is 0 Å². The van der Waals surface area contributed by atoms with Crippen LogP contribution in [0.25, 0.3) is 0 Å². The van der Waals surface area contributed by atoms with E-state index in [0.717, 1.165) is 12.2 Å². The molecule has 0 aromatic rings. The summed E-state index contributed by atoms with van der Waals surface area (Å²) < 4.78 is 0. The predicted octanol–water partition coefficient (Wildman–Crippen LogP) is -1.38. The van der Waals surface area contributed by atoms with Crippen LogP contribution in [-0.2, 0) is 24.4 Å². The van der Waals surface area contributed by atoms with E-state index in [1.807, 2.05) is 0 Å². The van der Waals surface area contributed by atoms with Gasteiger partial charge < -0.3 is 15.3 Å². The van der Waals surface area contributed by atoms with E-state index >= 15 is 0 Å². The monoisotopic (exact) mass is 250 g/mol. The minimum atomic E-state index is -0.954. The highest BCUT2D eigenvalue weighted by Gasteiger charge is 2.00. The van der Waals surface area contributed by atoms with E-state index in [9.17, 15) is 9.59 Å². The Morgan fingerprint density at radius 2 is 1.41 bits per heavy atom. The smallest absolute Gasteiger partial charge is 0.369 e. The largest absolute Gasteiger partial charge is 0.394 e. The molecule has 0 saturated heterocycles. The molecule has 0 atom stereocenters. The van der Waals surface area contributed by atoms with Gasteiger partial charge in [-0.25, -0.2) is 9.59 Å². The van der Waals surface area contributed by atoms with Crippen LogP contribution >= 0.6 is 0 Å². The molecule has 98 valence electrons. The third-order valence-electron chi connectivity index (χ3n) is 0.987. The van der Waals surface area contributed by atoms with Crippen LogP contribution < -0.4 is 0 Å². The van der Waals surface area contributed by atoms with Gasteiger partial charge in [0.15, 0.2) is 0 Å². The maximum absolute atomic E-state index is 10.2. The first-order valence-electron chi connectivity index (χ1n) is 4.25. The highest BCUT2D eigenvalue weighted by atomic mass is 17.5. The molecule has 3 N–H and O–H groups in total. The Kier molecular flexibility index (Phi) is 12.8. The Hall–Kier alpha value is -1.74. The van der Waals surface area contributed by atoms with E-state index in [0.29, 0.717) is 0 Å². The van der Waals surface area contributed by atoms with Crippen molar-refractivity contribution in [3.05, 3.63) is 25.3 Å². The molecule has 8 nitrogen and oxygen atoms in total. The Balaban J connectivity index is 0. The fourth-order valence-electron chi connectivity index (χ4n) is 0.210. The second-order valence-corrected chi connectivity index (χ2v) is 2.30. The molecule has 0 spiro atoms. The van der Waals surface area contributed by atoms with Crippen molar-refractivity contribution >= 4 is 11.9 Å². The first kappa shape index (κ1) is 17.6. The topological polar surface area (TPSA) is 123 Å². The Morgan fingerprint density at radius 3 is 1.59 bits per heavy atom. The van der Waals surface area contributed by atoms with Gasteiger partial charge in [0.05, 0.1) is 13.2 Å². The van der Waals surface area contributed by atoms with Crippen LogP contribution in [0.15, 0.2) is 25.3 Å². The number of aliphatic hydroxyl groups excluding tert-OH is 3. The zero-order valence-electron chi connectivity index (χ0n) is 8.94. The number of hydrogen-bond acceptors (Lipinski definition) is 8. The number of aliphatic hydroxyl groups is 3. The minimum Gasteiger partial charge on any atom is -0.394 e. The van der Waals surface area contributed by atoms with Crippen molar-refractivity contribution in [3.8, 4) is 0 Å². The number of carbonyl (C=O) groups is 2. The van der Waals surface area contributed by atoms with Gasteiger partial charge in [-0.3, -0.25) is 9.78 Å². The molecule has 0 fully saturated rings. The molecular formula is C9H14O8. The predicted molar refractivity (Wildman–Crippen MR) is 53.8 cm³/mol. The maximum Gasteiger partial charge on any atom is 0.369 e. The second kappa shape index (κ2) is 12.3. The Bertz CT molecular complexity index is 225. The lowest BCUT2D eigenvalue weighted by molar-refractivity contribution is -0.455. The van der Waals surface area contributed by atoms with E-state index in [1.54, 1.807) is 0 Å². The summed E-state index contributed by atoms with van der Waals surface area (Å²) in [5, 5.41) is 27.7. The average molecular weight is 250 g/mol. The Labute approximate surface area is 97.2 Å². The van der Waals surface area contributed by atoms with Crippen molar-refractivity contribution in [1.82, 2.24) is 0 Å². The van der Waals surface area contributed by atoms with Crippen LogP contribution in [-0.4, -0.2) is 46.6 Å². The van der Waals surface area contributed by atoms with Gasteiger partial charge in [0, 0.05) is 17.2 Å². The van der Waals surface area contributed by atoms with Gasteiger partial charge in [-0.2, -0.15) is 0 Å². The Morgan fingerprint density at radius 1 is 1.06 bits per heavy atom. The lowest BCUT2D eigenvalue weighted by Gasteiger charge is -1.96. The van der Waals surface area contributed by atoms with Gasteiger partial charge in [-0.05, 0) is 0 Å². The lowest BCUT2D eigenvalue weighted by Crippen LogP contribution is -2.15. The van der Waals surface area contributed by atoms with Gasteiger partial charge in [0.25, 0.3) is 0 Å². The molecule has 8 heteroatoms. The molecule has 0 aliphatic heterocycles. The van der Waals surface area contributed by atoms with Gasteiger partial charge in [0.2, 0.25) is 0 Å². The normalized spacial score (nSPS) is 8.71. The van der Waals surface area contributed by atoms with Crippen LogP contribution in [0.1, 0.15) is 0 Å².